The predicted molar refractivity (Wildman–Crippen MR) is 113 cm³/mol. The standard InChI is InChI=1S/C23H27NO7/c1-24-7-6-13-8-19-22(31-12-30-19)23(29-5)20(13)15(24)11-16(25)14-9-17(26-2)21(28-4)18(10-14)27-3/h8-10,15H,6-7,11-12H2,1-5H3. The van der Waals surface area contributed by atoms with Gasteiger partial charge in [0.2, 0.25) is 18.3 Å². The largest absolute Gasteiger partial charge is 0.493 e. The molecule has 8 nitrogen and oxygen atoms in total. The summed E-state index contributed by atoms with van der Waals surface area (Å²) in [7, 11) is 8.23. The zero-order chi connectivity index (χ0) is 22.1. The number of rotatable bonds is 7. The van der Waals surface area contributed by atoms with Gasteiger partial charge in [-0.15, -0.1) is 0 Å². The number of fused-ring (bicyclic) bond motifs is 2. The van der Waals surface area contributed by atoms with Crippen molar-refractivity contribution in [2.75, 3.05) is 48.8 Å². The molecule has 0 fully saturated rings. The quantitative estimate of drug-likeness (QED) is 0.621. The summed E-state index contributed by atoms with van der Waals surface area (Å²) in [6.07, 6.45) is 1.10. The summed E-state index contributed by atoms with van der Waals surface area (Å²) in [5.41, 5.74) is 2.58. The first-order valence-corrected chi connectivity index (χ1v) is 10.0. The smallest absolute Gasteiger partial charge is 0.231 e. The van der Waals surface area contributed by atoms with Crippen LogP contribution in [-0.2, 0) is 6.42 Å². The van der Waals surface area contributed by atoms with Crippen molar-refractivity contribution in [1.82, 2.24) is 4.90 Å². The number of Topliss-reactive ketones (excluding diaryl/α,β-unsaturated/α-hetero) is 1. The molecule has 0 saturated heterocycles. The third-order valence-corrected chi connectivity index (χ3v) is 5.91. The number of likely N-dealkylation sites (N-methyl/N-ethyl adjacent to an activating group) is 1. The van der Waals surface area contributed by atoms with E-state index in [1.165, 1.54) is 21.3 Å². The summed E-state index contributed by atoms with van der Waals surface area (Å²) in [5.74, 6) is 3.24. The van der Waals surface area contributed by atoms with Crippen LogP contribution in [-0.4, -0.2) is 59.5 Å². The lowest BCUT2D eigenvalue weighted by molar-refractivity contribution is 0.0924. The number of hydrogen-bond acceptors (Lipinski definition) is 8. The van der Waals surface area contributed by atoms with Crippen molar-refractivity contribution < 1.29 is 33.2 Å². The predicted octanol–water partition coefficient (Wildman–Crippen LogP) is 3.25. The van der Waals surface area contributed by atoms with E-state index in [9.17, 15) is 4.79 Å². The summed E-state index contributed by atoms with van der Waals surface area (Å²) in [6, 6.07) is 5.21. The molecule has 2 aromatic carbocycles. The molecule has 2 aliphatic rings. The van der Waals surface area contributed by atoms with Gasteiger partial charge in [0.25, 0.3) is 0 Å². The molecule has 2 heterocycles. The van der Waals surface area contributed by atoms with Gasteiger partial charge in [0.1, 0.15) is 0 Å². The normalized spacial score (nSPS) is 17.1. The number of nitrogens with zero attached hydrogens (tertiary/aromatic N) is 1. The Labute approximate surface area is 181 Å². The second-order valence-electron chi connectivity index (χ2n) is 7.50. The maximum Gasteiger partial charge on any atom is 0.231 e. The second-order valence-corrected chi connectivity index (χ2v) is 7.50. The Balaban J connectivity index is 1.72. The Bertz CT molecular complexity index is 979. The van der Waals surface area contributed by atoms with E-state index >= 15 is 0 Å². The molecule has 31 heavy (non-hydrogen) atoms. The molecule has 0 aromatic heterocycles. The first-order valence-electron chi connectivity index (χ1n) is 10.0. The van der Waals surface area contributed by atoms with Gasteiger partial charge in [-0.05, 0) is 37.2 Å². The molecule has 0 amide bonds. The summed E-state index contributed by atoms with van der Waals surface area (Å²) >= 11 is 0. The van der Waals surface area contributed by atoms with Crippen molar-refractivity contribution in [1.29, 1.82) is 0 Å². The van der Waals surface area contributed by atoms with Crippen molar-refractivity contribution in [3.8, 4) is 34.5 Å². The van der Waals surface area contributed by atoms with E-state index < -0.39 is 0 Å². The minimum absolute atomic E-state index is 0.0383. The molecule has 4 rings (SSSR count). The average molecular weight is 429 g/mol. The van der Waals surface area contributed by atoms with Crippen LogP contribution in [0.4, 0.5) is 0 Å². The van der Waals surface area contributed by atoms with Gasteiger partial charge in [0.05, 0.1) is 28.4 Å². The Morgan fingerprint density at radius 2 is 1.68 bits per heavy atom. The monoisotopic (exact) mass is 429 g/mol. The molecular weight excluding hydrogens is 402 g/mol. The van der Waals surface area contributed by atoms with Gasteiger partial charge in [-0.2, -0.15) is 0 Å². The van der Waals surface area contributed by atoms with Gasteiger partial charge in [-0.25, -0.2) is 0 Å². The number of ketones is 1. The van der Waals surface area contributed by atoms with Crippen LogP contribution in [0.1, 0.15) is 33.9 Å². The Kier molecular flexibility index (Phi) is 5.82. The van der Waals surface area contributed by atoms with Crippen LogP contribution in [0, 0.1) is 0 Å². The average Bonchev–Trinajstić information content (AvgIpc) is 3.26. The fraction of sp³-hybridized carbons (Fsp3) is 0.435. The Morgan fingerprint density at radius 3 is 2.29 bits per heavy atom. The molecule has 0 bridgehead atoms. The molecule has 2 aliphatic heterocycles. The zero-order valence-corrected chi connectivity index (χ0v) is 18.4. The molecule has 0 radical (unpaired) electrons. The van der Waals surface area contributed by atoms with Gasteiger partial charge < -0.3 is 28.4 Å². The van der Waals surface area contributed by atoms with Gasteiger partial charge >= 0.3 is 0 Å². The summed E-state index contributed by atoms with van der Waals surface area (Å²) in [4.78, 5) is 15.5. The van der Waals surface area contributed by atoms with E-state index in [2.05, 4.69) is 4.90 Å². The van der Waals surface area contributed by atoms with E-state index in [0.29, 0.717) is 40.1 Å². The van der Waals surface area contributed by atoms with Crippen molar-refractivity contribution in [3.63, 3.8) is 0 Å². The SMILES string of the molecule is COc1cc(C(=O)CC2c3c(cc4c(c3OC)OCO4)CCN2C)cc(OC)c1OC. The fourth-order valence-corrected chi connectivity index (χ4v) is 4.32. The number of ether oxygens (including phenoxy) is 6. The van der Waals surface area contributed by atoms with E-state index in [0.717, 1.165) is 24.1 Å². The summed E-state index contributed by atoms with van der Waals surface area (Å²) < 4.78 is 33.1. The lowest BCUT2D eigenvalue weighted by atomic mass is 9.87. The molecule has 0 saturated carbocycles. The highest BCUT2D eigenvalue weighted by atomic mass is 16.7. The van der Waals surface area contributed by atoms with E-state index in [4.69, 9.17) is 28.4 Å². The zero-order valence-electron chi connectivity index (χ0n) is 18.4. The lowest BCUT2D eigenvalue weighted by Gasteiger charge is -2.35. The molecule has 166 valence electrons. The third kappa shape index (κ3) is 3.61. The lowest BCUT2D eigenvalue weighted by Crippen LogP contribution is -2.34. The van der Waals surface area contributed by atoms with Crippen molar-refractivity contribution in [3.05, 3.63) is 34.9 Å². The summed E-state index contributed by atoms with van der Waals surface area (Å²) in [5, 5.41) is 0. The van der Waals surface area contributed by atoms with Crippen LogP contribution in [0.5, 0.6) is 34.5 Å². The summed E-state index contributed by atoms with van der Waals surface area (Å²) in [6.45, 7) is 0.989. The highest BCUT2D eigenvalue weighted by Crippen LogP contribution is 2.50. The molecule has 2 aromatic rings. The molecule has 0 aliphatic carbocycles. The number of methoxy groups -OCH3 is 4. The third-order valence-electron chi connectivity index (χ3n) is 5.91. The highest BCUT2D eigenvalue weighted by Gasteiger charge is 2.35. The number of carbonyl (C=O) groups excluding carboxylic acids is 1. The first kappa shape index (κ1) is 21.1. The molecule has 0 spiro atoms. The van der Waals surface area contributed by atoms with Crippen LogP contribution in [0.3, 0.4) is 0 Å². The minimum Gasteiger partial charge on any atom is -0.493 e. The van der Waals surface area contributed by atoms with E-state index in [-0.39, 0.29) is 25.0 Å². The van der Waals surface area contributed by atoms with E-state index in [1.54, 1.807) is 19.2 Å². The molecular formula is C23H27NO7. The van der Waals surface area contributed by atoms with Gasteiger partial charge in [-0.1, -0.05) is 0 Å². The van der Waals surface area contributed by atoms with Crippen molar-refractivity contribution in [2.24, 2.45) is 0 Å². The topological polar surface area (TPSA) is 75.7 Å². The van der Waals surface area contributed by atoms with Crippen LogP contribution in [0.2, 0.25) is 0 Å². The second kappa shape index (κ2) is 8.55. The Morgan fingerprint density at radius 1 is 1.00 bits per heavy atom. The van der Waals surface area contributed by atoms with Crippen molar-refractivity contribution >= 4 is 5.78 Å². The van der Waals surface area contributed by atoms with Crippen LogP contribution in [0.15, 0.2) is 18.2 Å². The Hall–Kier alpha value is -3.13. The number of hydrogen-bond donors (Lipinski definition) is 0. The molecule has 8 heteroatoms. The minimum atomic E-state index is -0.167. The van der Waals surface area contributed by atoms with E-state index in [1.807, 2.05) is 13.1 Å². The maximum absolute atomic E-state index is 13.4. The molecule has 0 N–H and O–H groups in total. The van der Waals surface area contributed by atoms with Crippen molar-refractivity contribution in [2.45, 2.75) is 18.9 Å². The van der Waals surface area contributed by atoms with Gasteiger partial charge in [0.15, 0.2) is 28.8 Å². The van der Waals surface area contributed by atoms with Crippen LogP contribution < -0.4 is 28.4 Å². The fourth-order valence-electron chi connectivity index (χ4n) is 4.32. The number of carbonyl (C=O) groups is 1. The van der Waals surface area contributed by atoms with Crippen LogP contribution >= 0.6 is 0 Å². The van der Waals surface area contributed by atoms with Gasteiger partial charge in [0, 0.05) is 30.1 Å². The molecule has 1 unspecified atom stereocenters. The van der Waals surface area contributed by atoms with Crippen LogP contribution in [0.25, 0.3) is 0 Å². The molecule has 1 atom stereocenters. The van der Waals surface area contributed by atoms with Gasteiger partial charge in [-0.3, -0.25) is 9.69 Å². The number of benzene rings is 2. The highest BCUT2D eigenvalue weighted by molar-refractivity contribution is 5.98. The first-order chi connectivity index (χ1) is 15.0. The maximum atomic E-state index is 13.4.